The largest absolute Gasteiger partial charge is 0.492 e. The van der Waals surface area contributed by atoms with Gasteiger partial charge in [0.2, 0.25) is 11.8 Å². The molecule has 29 heavy (non-hydrogen) atoms. The number of benzene rings is 1. The Balaban J connectivity index is 1.42. The number of carbonyl (C=O) groups excluding carboxylic acids is 2. The van der Waals surface area contributed by atoms with Crippen molar-refractivity contribution in [2.45, 2.75) is 38.3 Å². The zero-order valence-electron chi connectivity index (χ0n) is 16.0. The van der Waals surface area contributed by atoms with E-state index in [0.29, 0.717) is 43.5 Å². The number of hydrogen-bond donors (Lipinski definition) is 3. The maximum Gasteiger partial charge on any atom is 0.432 e. The highest BCUT2D eigenvalue weighted by molar-refractivity contribution is 5.68. The van der Waals surface area contributed by atoms with E-state index in [-0.39, 0.29) is 30.5 Å². The normalized spacial score (nSPS) is 15.2. The average molecular weight is 403 g/mol. The Kier molecular flexibility index (Phi) is 6.83. The molecule has 156 valence electrons. The zero-order valence-corrected chi connectivity index (χ0v) is 16.0. The van der Waals surface area contributed by atoms with E-state index in [2.05, 4.69) is 5.32 Å². The number of nitrogens with zero attached hydrogens (tertiary/aromatic N) is 2. The average Bonchev–Trinajstić information content (AvgIpc) is 3.01. The summed E-state index contributed by atoms with van der Waals surface area (Å²) in [6.07, 6.45) is 1.63. The first-order chi connectivity index (χ1) is 14.0. The van der Waals surface area contributed by atoms with Crippen LogP contribution in [-0.4, -0.2) is 51.2 Å². The number of hydrogen-bond acceptors (Lipinski definition) is 6. The van der Waals surface area contributed by atoms with E-state index in [0.717, 1.165) is 5.56 Å². The Morgan fingerprint density at radius 2 is 1.62 bits per heavy atom. The Hall–Kier alpha value is -3.36. The molecule has 2 aromatic rings. The SMILES string of the molecule is O=C(NC1CCCN(C(=O)OCc2ccccc2)CCC1)On1c(O)ccc1O. The van der Waals surface area contributed by atoms with Gasteiger partial charge in [-0.1, -0.05) is 30.3 Å². The molecule has 0 aliphatic carbocycles. The minimum absolute atomic E-state index is 0.121. The summed E-state index contributed by atoms with van der Waals surface area (Å²) in [4.78, 5) is 30.9. The zero-order chi connectivity index (χ0) is 20.6. The topological polar surface area (TPSA) is 113 Å². The molecule has 0 spiro atoms. The standard InChI is InChI=1S/C20H25N3O6/c24-17-10-11-18(25)23(17)29-19(26)21-16-8-4-12-22(13-5-9-16)20(27)28-14-15-6-2-1-3-7-15/h1-3,6-7,10-11,16,24-25H,4-5,8-9,12-14H2,(H,21,26). The number of amides is 2. The molecule has 1 aromatic heterocycles. The predicted octanol–water partition coefficient (Wildman–Crippen LogP) is 2.62. The Labute approximate surface area is 168 Å². The van der Waals surface area contributed by atoms with Crippen molar-refractivity contribution in [1.82, 2.24) is 14.9 Å². The van der Waals surface area contributed by atoms with Crippen LogP contribution in [0, 0.1) is 0 Å². The first-order valence-corrected chi connectivity index (χ1v) is 9.57. The third kappa shape index (κ3) is 5.81. The summed E-state index contributed by atoms with van der Waals surface area (Å²) in [6, 6.07) is 11.8. The lowest BCUT2D eigenvalue weighted by Gasteiger charge is -2.27. The van der Waals surface area contributed by atoms with Gasteiger partial charge in [0.15, 0.2) is 0 Å². The van der Waals surface area contributed by atoms with Gasteiger partial charge in [0, 0.05) is 31.3 Å². The summed E-state index contributed by atoms with van der Waals surface area (Å²) >= 11 is 0. The lowest BCUT2D eigenvalue weighted by Crippen LogP contribution is -2.42. The highest BCUT2D eigenvalue weighted by Gasteiger charge is 2.22. The molecule has 3 rings (SSSR count). The number of carbonyl (C=O) groups is 2. The van der Waals surface area contributed by atoms with E-state index in [1.807, 2.05) is 30.3 Å². The van der Waals surface area contributed by atoms with Crippen molar-refractivity contribution in [2.24, 2.45) is 0 Å². The van der Waals surface area contributed by atoms with Gasteiger partial charge >= 0.3 is 12.2 Å². The molecule has 2 amide bonds. The molecule has 3 N–H and O–H groups in total. The third-order valence-corrected chi connectivity index (χ3v) is 4.72. The van der Waals surface area contributed by atoms with Gasteiger partial charge < -0.3 is 30.0 Å². The van der Waals surface area contributed by atoms with E-state index in [4.69, 9.17) is 9.57 Å². The van der Waals surface area contributed by atoms with Gasteiger partial charge in [-0.25, -0.2) is 9.59 Å². The molecular weight excluding hydrogens is 378 g/mol. The van der Waals surface area contributed by atoms with Crippen LogP contribution in [0.3, 0.4) is 0 Å². The molecular formula is C20H25N3O6. The number of rotatable bonds is 4. The van der Waals surface area contributed by atoms with Crippen molar-refractivity contribution in [3.05, 3.63) is 48.0 Å². The molecule has 1 aliphatic rings. The lowest BCUT2D eigenvalue weighted by molar-refractivity contribution is 0.0893. The molecule has 1 aromatic carbocycles. The number of ether oxygens (including phenoxy) is 1. The maximum atomic E-state index is 12.3. The molecule has 0 bridgehead atoms. The van der Waals surface area contributed by atoms with Crippen LogP contribution < -0.4 is 10.2 Å². The maximum absolute atomic E-state index is 12.3. The minimum Gasteiger partial charge on any atom is -0.492 e. The van der Waals surface area contributed by atoms with Crippen LogP contribution in [0.5, 0.6) is 11.8 Å². The van der Waals surface area contributed by atoms with Crippen molar-refractivity contribution in [3.63, 3.8) is 0 Å². The second-order valence-corrected chi connectivity index (χ2v) is 6.88. The monoisotopic (exact) mass is 403 g/mol. The van der Waals surface area contributed by atoms with E-state index in [1.54, 1.807) is 4.90 Å². The molecule has 9 heteroatoms. The Morgan fingerprint density at radius 1 is 1.00 bits per heavy atom. The van der Waals surface area contributed by atoms with Crippen molar-refractivity contribution in [2.75, 3.05) is 13.1 Å². The van der Waals surface area contributed by atoms with E-state index < -0.39 is 6.09 Å². The first kappa shape index (κ1) is 20.4. The number of aromatic hydroxyl groups is 2. The van der Waals surface area contributed by atoms with Gasteiger partial charge in [-0.15, -0.1) is 4.73 Å². The molecule has 0 saturated carbocycles. The predicted molar refractivity (Wildman–Crippen MR) is 103 cm³/mol. The van der Waals surface area contributed by atoms with Crippen LogP contribution in [0.25, 0.3) is 0 Å². The van der Waals surface area contributed by atoms with E-state index >= 15 is 0 Å². The quantitative estimate of drug-likeness (QED) is 0.723. The van der Waals surface area contributed by atoms with Crippen LogP contribution >= 0.6 is 0 Å². The second-order valence-electron chi connectivity index (χ2n) is 6.88. The molecule has 0 radical (unpaired) electrons. The van der Waals surface area contributed by atoms with Gasteiger partial charge in [-0.2, -0.15) is 0 Å². The fourth-order valence-corrected chi connectivity index (χ4v) is 3.22. The second kappa shape index (κ2) is 9.72. The van der Waals surface area contributed by atoms with Gasteiger partial charge in [-0.3, -0.25) is 0 Å². The van der Waals surface area contributed by atoms with Gasteiger partial charge in [0.25, 0.3) is 0 Å². The van der Waals surface area contributed by atoms with Gasteiger partial charge in [0.1, 0.15) is 6.61 Å². The molecule has 0 atom stereocenters. The summed E-state index contributed by atoms with van der Waals surface area (Å²) in [7, 11) is 0. The van der Waals surface area contributed by atoms with Gasteiger partial charge in [-0.05, 0) is 31.2 Å². The summed E-state index contributed by atoms with van der Waals surface area (Å²) in [5, 5.41) is 21.8. The number of aromatic nitrogens is 1. The lowest BCUT2D eigenvalue weighted by atomic mass is 10.0. The van der Waals surface area contributed by atoms with E-state index in [1.165, 1.54) is 12.1 Å². The summed E-state index contributed by atoms with van der Waals surface area (Å²) in [5.41, 5.74) is 0.940. The van der Waals surface area contributed by atoms with Crippen LogP contribution in [-0.2, 0) is 11.3 Å². The molecule has 1 saturated heterocycles. The highest BCUT2D eigenvalue weighted by Crippen LogP contribution is 2.19. The van der Waals surface area contributed by atoms with Crippen LogP contribution in [0.4, 0.5) is 9.59 Å². The Morgan fingerprint density at radius 3 is 2.24 bits per heavy atom. The fraction of sp³-hybridized carbons (Fsp3) is 0.400. The molecule has 9 nitrogen and oxygen atoms in total. The molecule has 2 heterocycles. The minimum atomic E-state index is -0.767. The van der Waals surface area contributed by atoms with Crippen molar-refractivity contribution < 1.29 is 29.4 Å². The highest BCUT2D eigenvalue weighted by atomic mass is 16.7. The number of likely N-dealkylation sites (tertiary alicyclic amines) is 1. The molecule has 1 aliphatic heterocycles. The Bertz CT molecular complexity index is 793. The van der Waals surface area contributed by atoms with Crippen molar-refractivity contribution in [3.8, 4) is 11.8 Å². The van der Waals surface area contributed by atoms with E-state index in [9.17, 15) is 19.8 Å². The fourth-order valence-electron chi connectivity index (χ4n) is 3.22. The van der Waals surface area contributed by atoms with Crippen molar-refractivity contribution in [1.29, 1.82) is 0 Å². The van der Waals surface area contributed by atoms with Crippen molar-refractivity contribution >= 4 is 12.2 Å². The summed E-state index contributed by atoms with van der Waals surface area (Å²) in [6.45, 7) is 1.32. The first-order valence-electron chi connectivity index (χ1n) is 9.57. The van der Waals surface area contributed by atoms with Crippen LogP contribution in [0.15, 0.2) is 42.5 Å². The number of nitrogens with one attached hydrogen (secondary N) is 1. The smallest absolute Gasteiger partial charge is 0.432 e. The van der Waals surface area contributed by atoms with Crippen LogP contribution in [0.1, 0.15) is 31.2 Å². The summed E-state index contributed by atoms with van der Waals surface area (Å²) < 4.78 is 6.03. The molecule has 1 fully saturated rings. The van der Waals surface area contributed by atoms with Crippen LogP contribution in [0.2, 0.25) is 0 Å². The third-order valence-electron chi connectivity index (χ3n) is 4.72. The molecule has 0 unspecified atom stereocenters. The van der Waals surface area contributed by atoms with Gasteiger partial charge in [0.05, 0.1) is 0 Å². The summed E-state index contributed by atoms with van der Waals surface area (Å²) in [5.74, 6) is -0.750.